The predicted molar refractivity (Wildman–Crippen MR) is 85.2 cm³/mol. The maximum Gasteiger partial charge on any atom is 0.325 e. The minimum absolute atomic E-state index is 0.193. The molecule has 1 aromatic rings. The first-order valence-corrected chi connectivity index (χ1v) is 8.41. The number of nitrogens with one attached hydrogen (secondary N) is 1. The van der Waals surface area contributed by atoms with Gasteiger partial charge in [-0.05, 0) is 31.6 Å². The van der Waals surface area contributed by atoms with E-state index in [4.69, 9.17) is 0 Å². The minimum Gasteiger partial charge on any atom is -0.322 e. The number of thioether (sulfide) groups is 1. The van der Waals surface area contributed by atoms with Crippen LogP contribution in [0.5, 0.6) is 0 Å². The fourth-order valence-electron chi connectivity index (χ4n) is 3.01. The molecule has 1 aromatic carbocycles. The number of amides is 3. The second-order valence-electron chi connectivity index (χ2n) is 5.95. The smallest absolute Gasteiger partial charge is 0.322 e. The number of aryl methyl sites for hydroxylation is 2. The molecule has 0 radical (unpaired) electrons. The van der Waals surface area contributed by atoms with Crippen molar-refractivity contribution in [3.63, 3.8) is 0 Å². The lowest BCUT2D eigenvalue weighted by molar-refractivity contribution is -0.130. The molecule has 1 N–H and O–H groups in total. The highest BCUT2D eigenvalue weighted by atomic mass is 32.2. The number of ketones is 1. The quantitative estimate of drug-likeness (QED) is 0.683. The molecule has 0 aliphatic carbocycles. The molecule has 116 valence electrons. The van der Waals surface area contributed by atoms with Gasteiger partial charge in [0.05, 0.1) is 6.54 Å². The molecule has 0 bridgehead atoms. The summed E-state index contributed by atoms with van der Waals surface area (Å²) in [5.74, 6) is 0.973. The van der Waals surface area contributed by atoms with Crippen molar-refractivity contribution in [1.82, 2.24) is 10.2 Å². The Kier molecular flexibility index (Phi) is 3.72. The molecule has 2 aliphatic rings. The third-order valence-electron chi connectivity index (χ3n) is 4.25. The van der Waals surface area contributed by atoms with Crippen LogP contribution in [0.25, 0.3) is 0 Å². The topological polar surface area (TPSA) is 66.5 Å². The number of hydrogen-bond donors (Lipinski definition) is 1. The van der Waals surface area contributed by atoms with Gasteiger partial charge in [0, 0.05) is 11.3 Å². The van der Waals surface area contributed by atoms with Gasteiger partial charge in [0.2, 0.25) is 0 Å². The molecule has 1 spiro atoms. The molecule has 2 aliphatic heterocycles. The van der Waals surface area contributed by atoms with Gasteiger partial charge in [0.15, 0.2) is 5.78 Å². The lowest BCUT2D eigenvalue weighted by Crippen LogP contribution is -2.47. The Labute approximate surface area is 133 Å². The van der Waals surface area contributed by atoms with E-state index in [2.05, 4.69) is 5.32 Å². The third kappa shape index (κ3) is 2.41. The van der Waals surface area contributed by atoms with Gasteiger partial charge in [-0.25, -0.2) is 4.79 Å². The molecule has 3 amide bonds. The van der Waals surface area contributed by atoms with E-state index in [9.17, 15) is 14.4 Å². The van der Waals surface area contributed by atoms with E-state index in [0.717, 1.165) is 21.8 Å². The van der Waals surface area contributed by atoms with E-state index in [-0.39, 0.29) is 18.2 Å². The summed E-state index contributed by atoms with van der Waals surface area (Å²) in [5, 5.41) is 2.77. The van der Waals surface area contributed by atoms with E-state index in [0.29, 0.717) is 17.7 Å². The molecule has 3 rings (SSSR count). The number of Topliss-reactive ketones (excluding diaryl/α,β-unsaturated/α-hetero) is 1. The standard InChI is InChI=1S/C16H18N2O3S/c1-10-3-4-12(11(2)7-10)13(19)8-18-14(20)16(17-15(18)21)5-6-22-9-16/h3-4,7H,5-6,8-9H2,1-2H3,(H,17,21)/t16-/m0/s1. The normalized spacial score (nSPS) is 24.2. The lowest BCUT2D eigenvalue weighted by Gasteiger charge is -2.19. The third-order valence-corrected chi connectivity index (χ3v) is 5.44. The SMILES string of the molecule is Cc1ccc(C(=O)CN2C(=O)N[C@]3(CCSC3)C2=O)c(C)c1. The number of carbonyl (C=O) groups is 3. The van der Waals surface area contributed by atoms with Crippen LogP contribution in [0.3, 0.4) is 0 Å². The number of rotatable bonds is 3. The average molecular weight is 318 g/mol. The second-order valence-corrected chi connectivity index (χ2v) is 7.05. The maximum absolute atomic E-state index is 12.5. The maximum atomic E-state index is 12.5. The number of carbonyl (C=O) groups excluding carboxylic acids is 3. The van der Waals surface area contributed by atoms with Gasteiger partial charge in [-0.3, -0.25) is 14.5 Å². The first kappa shape index (κ1) is 15.1. The molecule has 1 atom stereocenters. The number of benzene rings is 1. The van der Waals surface area contributed by atoms with E-state index in [1.165, 1.54) is 0 Å². The van der Waals surface area contributed by atoms with Crippen molar-refractivity contribution in [2.24, 2.45) is 0 Å². The summed E-state index contributed by atoms with van der Waals surface area (Å²) < 4.78 is 0. The van der Waals surface area contributed by atoms with E-state index >= 15 is 0 Å². The molecule has 2 fully saturated rings. The van der Waals surface area contributed by atoms with Crippen molar-refractivity contribution in [3.8, 4) is 0 Å². The van der Waals surface area contributed by atoms with Gasteiger partial charge in [-0.1, -0.05) is 23.8 Å². The van der Waals surface area contributed by atoms with Crippen LogP contribution in [0.4, 0.5) is 4.79 Å². The Morgan fingerprint density at radius 3 is 2.77 bits per heavy atom. The molecule has 0 saturated carbocycles. The van der Waals surface area contributed by atoms with Crippen molar-refractivity contribution in [2.45, 2.75) is 25.8 Å². The molecule has 0 aromatic heterocycles. The number of hydrogen-bond acceptors (Lipinski definition) is 4. The zero-order valence-electron chi connectivity index (χ0n) is 12.6. The molecule has 2 saturated heterocycles. The fraction of sp³-hybridized carbons (Fsp3) is 0.438. The van der Waals surface area contributed by atoms with Gasteiger partial charge in [0.1, 0.15) is 5.54 Å². The first-order chi connectivity index (χ1) is 10.4. The highest BCUT2D eigenvalue weighted by molar-refractivity contribution is 7.99. The summed E-state index contributed by atoms with van der Waals surface area (Å²) in [6.07, 6.45) is 0.635. The summed E-state index contributed by atoms with van der Waals surface area (Å²) in [4.78, 5) is 38.1. The summed E-state index contributed by atoms with van der Waals surface area (Å²) >= 11 is 1.65. The summed E-state index contributed by atoms with van der Waals surface area (Å²) in [6, 6.07) is 5.09. The van der Waals surface area contributed by atoms with E-state index < -0.39 is 11.6 Å². The molecular weight excluding hydrogens is 300 g/mol. The molecular formula is C16H18N2O3S. The Morgan fingerprint density at radius 1 is 1.36 bits per heavy atom. The predicted octanol–water partition coefficient (Wildman–Crippen LogP) is 1.91. The first-order valence-electron chi connectivity index (χ1n) is 7.25. The Bertz CT molecular complexity index is 665. The number of nitrogens with zero attached hydrogens (tertiary/aromatic N) is 1. The monoisotopic (exact) mass is 318 g/mol. The van der Waals surface area contributed by atoms with Crippen LogP contribution in [0.2, 0.25) is 0 Å². The molecule has 2 heterocycles. The summed E-state index contributed by atoms with van der Waals surface area (Å²) in [6.45, 7) is 3.63. The van der Waals surface area contributed by atoms with Crippen LogP contribution in [0.1, 0.15) is 27.9 Å². The van der Waals surface area contributed by atoms with Crippen molar-refractivity contribution >= 4 is 29.5 Å². The van der Waals surface area contributed by atoms with Crippen molar-refractivity contribution in [3.05, 3.63) is 34.9 Å². The number of imide groups is 1. The zero-order valence-corrected chi connectivity index (χ0v) is 13.5. The van der Waals surface area contributed by atoms with Crippen LogP contribution in [-0.2, 0) is 4.79 Å². The van der Waals surface area contributed by atoms with Crippen LogP contribution in [0, 0.1) is 13.8 Å². The van der Waals surface area contributed by atoms with Crippen LogP contribution < -0.4 is 5.32 Å². The molecule has 22 heavy (non-hydrogen) atoms. The van der Waals surface area contributed by atoms with Gasteiger partial charge in [0.25, 0.3) is 5.91 Å². The fourth-order valence-corrected chi connectivity index (χ4v) is 4.33. The Hall–Kier alpha value is -1.82. The lowest BCUT2D eigenvalue weighted by atomic mass is 9.98. The Balaban J connectivity index is 1.79. The van der Waals surface area contributed by atoms with Crippen molar-refractivity contribution < 1.29 is 14.4 Å². The molecule has 5 nitrogen and oxygen atoms in total. The Morgan fingerprint density at radius 2 is 2.14 bits per heavy atom. The van der Waals surface area contributed by atoms with Crippen LogP contribution >= 0.6 is 11.8 Å². The minimum atomic E-state index is -0.787. The molecule has 0 unspecified atom stereocenters. The van der Waals surface area contributed by atoms with Gasteiger partial charge < -0.3 is 5.32 Å². The second kappa shape index (κ2) is 5.43. The largest absolute Gasteiger partial charge is 0.325 e. The zero-order chi connectivity index (χ0) is 15.9. The van der Waals surface area contributed by atoms with Crippen LogP contribution in [0.15, 0.2) is 18.2 Å². The van der Waals surface area contributed by atoms with Gasteiger partial charge in [-0.2, -0.15) is 11.8 Å². The van der Waals surface area contributed by atoms with Crippen LogP contribution in [-0.4, -0.2) is 46.2 Å². The summed E-state index contributed by atoms with van der Waals surface area (Å²) in [7, 11) is 0. The van der Waals surface area contributed by atoms with E-state index in [1.54, 1.807) is 17.8 Å². The van der Waals surface area contributed by atoms with Crippen molar-refractivity contribution in [1.29, 1.82) is 0 Å². The highest BCUT2D eigenvalue weighted by Gasteiger charge is 2.53. The number of urea groups is 1. The van der Waals surface area contributed by atoms with E-state index in [1.807, 2.05) is 26.0 Å². The highest BCUT2D eigenvalue weighted by Crippen LogP contribution is 2.33. The van der Waals surface area contributed by atoms with Gasteiger partial charge in [-0.15, -0.1) is 0 Å². The average Bonchev–Trinajstić information content (AvgIpc) is 3.00. The van der Waals surface area contributed by atoms with Gasteiger partial charge >= 0.3 is 6.03 Å². The summed E-state index contributed by atoms with van der Waals surface area (Å²) in [5.41, 5.74) is 1.71. The van der Waals surface area contributed by atoms with Crippen molar-refractivity contribution in [2.75, 3.05) is 18.1 Å². The molecule has 6 heteroatoms.